The zero-order chi connectivity index (χ0) is 19.8. The SMILES string of the molecule is COc1cccc(OCCCCn2c(CCNC(C)=O)nc3ccccc32)c1. The zero-order valence-electron chi connectivity index (χ0n) is 16.5. The average molecular weight is 381 g/mol. The maximum atomic E-state index is 11.1. The largest absolute Gasteiger partial charge is 0.497 e. The fourth-order valence-electron chi connectivity index (χ4n) is 3.17. The van der Waals surface area contributed by atoms with E-state index in [0.29, 0.717) is 19.6 Å². The normalized spacial score (nSPS) is 10.8. The lowest BCUT2D eigenvalue weighted by atomic mass is 10.2. The van der Waals surface area contributed by atoms with Gasteiger partial charge in [0.1, 0.15) is 17.3 Å². The number of hydrogen-bond donors (Lipinski definition) is 1. The number of benzene rings is 2. The standard InChI is InChI=1S/C22H27N3O3/c1-17(26)23-13-12-22-24-20-10-3-4-11-21(20)25(22)14-5-6-15-28-19-9-7-8-18(16-19)27-2/h3-4,7-11,16H,5-6,12-15H2,1-2H3,(H,23,26). The first-order valence-corrected chi connectivity index (χ1v) is 9.63. The van der Waals surface area contributed by atoms with E-state index in [1.165, 1.54) is 6.92 Å². The number of imidazole rings is 1. The minimum Gasteiger partial charge on any atom is -0.497 e. The number of amides is 1. The highest BCUT2D eigenvalue weighted by atomic mass is 16.5. The Labute approximate surface area is 165 Å². The molecule has 0 radical (unpaired) electrons. The molecule has 1 aromatic heterocycles. The minimum absolute atomic E-state index is 0.0163. The minimum atomic E-state index is -0.0163. The van der Waals surface area contributed by atoms with Crippen LogP contribution in [0.15, 0.2) is 48.5 Å². The number of carbonyl (C=O) groups is 1. The van der Waals surface area contributed by atoms with Crippen molar-refractivity contribution in [3.63, 3.8) is 0 Å². The first kappa shape index (κ1) is 19.7. The Morgan fingerprint density at radius 2 is 1.93 bits per heavy atom. The number of methoxy groups -OCH3 is 1. The van der Waals surface area contributed by atoms with Crippen molar-refractivity contribution in [2.24, 2.45) is 0 Å². The molecule has 1 amide bonds. The second-order valence-corrected chi connectivity index (χ2v) is 6.64. The molecule has 1 heterocycles. The number of fused-ring (bicyclic) bond motifs is 1. The van der Waals surface area contributed by atoms with Gasteiger partial charge in [-0.1, -0.05) is 18.2 Å². The predicted molar refractivity (Wildman–Crippen MR) is 110 cm³/mol. The second-order valence-electron chi connectivity index (χ2n) is 6.64. The van der Waals surface area contributed by atoms with Gasteiger partial charge in [0.25, 0.3) is 0 Å². The molecule has 0 unspecified atom stereocenters. The fourth-order valence-corrected chi connectivity index (χ4v) is 3.17. The zero-order valence-corrected chi connectivity index (χ0v) is 16.5. The molecule has 3 aromatic rings. The van der Waals surface area contributed by atoms with Gasteiger partial charge in [0.05, 0.1) is 24.8 Å². The third-order valence-electron chi connectivity index (χ3n) is 4.54. The monoisotopic (exact) mass is 381 g/mol. The smallest absolute Gasteiger partial charge is 0.216 e. The maximum Gasteiger partial charge on any atom is 0.216 e. The van der Waals surface area contributed by atoms with Crippen LogP contribution in [0.25, 0.3) is 11.0 Å². The fraction of sp³-hybridized carbons (Fsp3) is 0.364. The molecule has 0 bridgehead atoms. The van der Waals surface area contributed by atoms with Gasteiger partial charge < -0.3 is 19.4 Å². The van der Waals surface area contributed by atoms with E-state index in [0.717, 1.165) is 47.7 Å². The molecular weight excluding hydrogens is 354 g/mol. The molecular formula is C22H27N3O3. The predicted octanol–water partition coefficient (Wildman–Crippen LogP) is 3.58. The summed E-state index contributed by atoms with van der Waals surface area (Å²) in [6.07, 6.45) is 2.64. The van der Waals surface area contributed by atoms with Gasteiger partial charge >= 0.3 is 0 Å². The summed E-state index contributed by atoms with van der Waals surface area (Å²) in [5.41, 5.74) is 2.13. The first-order valence-electron chi connectivity index (χ1n) is 9.63. The molecule has 0 aliphatic carbocycles. The van der Waals surface area contributed by atoms with Crippen molar-refractivity contribution in [2.75, 3.05) is 20.3 Å². The number of nitrogens with zero attached hydrogens (tertiary/aromatic N) is 2. The van der Waals surface area contributed by atoms with Crippen LogP contribution in [0.3, 0.4) is 0 Å². The first-order chi connectivity index (χ1) is 13.7. The number of unbranched alkanes of at least 4 members (excludes halogenated alkanes) is 1. The van der Waals surface area contributed by atoms with Gasteiger partial charge in [-0.25, -0.2) is 4.98 Å². The van der Waals surface area contributed by atoms with Crippen LogP contribution in [0, 0.1) is 0 Å². The number of nitrogens with one attached hydrogen (secondary N) is 1. The van der Waals surface area contributed by atoms with Crippen molar-refractivity contribution in [1.82, 2.24) is 14.9 Å². The molecule has 0 saturated heterocycles. The van der Waals surface area contributed by atoms with Crippen LogP contribution >= 0.6 is 0 Å². The number of carbonyl (C=O) groups excluding carboxylic acids is 1. The third kappa shape index (κ3) is 5.25. The van der Waals surface area contributed by atoms with Crippen molar-refractivity contribution in [3.05, 3.63) is 54.4 Å². The summed E-state index contributed by atoms with van der Waals surface area (Å²) in [5, 5.41) is 2.85. The molecule has 6 nitrogen and oxygen atoms in total. The molecule has 0 aliphatic heterocycles. The number of aromatic nitrogens is 2. The molecule has 0 saturated carbocycles. The lowest BCUT2D eigenvalue weighted by molar-refractivity contribution is -0.118. The summed E-state index contributed by atoms with van der Waals surface area (Å²) in [5.74, 6) is 2.61. The van der Waals surface area contributed by atoms with E-state index in [9.17, 15) is 4.79 Å². The molecule has 0 spiro atoms. The van der Waals surface area contributed by atoms with Gasteiger partial charge in [0.15, 0.2) is 0 Å². The molecule has 28 heavy (non-hydrogen) atoms. The van der Waals surface area contributed by atoms with Crippen molar-refractivity contribution in [2.45, 2.75) is 32.7 Å². The van der Waals surface area contributed by atoms with Crippen molar-refractivity contribution in [3.8, 4) is 11.5 Å². The number of para-hydroxylation sites is 2. The Balaban J connectivity index is 1.56. The highest BCUT2D eigenvalue weighted by Gasteiger charge is 2.10. The maximum absolute atomic E-state index is 11.1. The Morgan fingerprint density at radius 1 is 1.11 bits per heavy atom. The molecule has 0 fully saturated rings. The average Bonchev–Trinajstić information content (AvgIpc) is 3.05. The highest BCUT2D eigenvalue weighted by Crippen LogP contribution is 2.20. The number of hydrogen-bond acceptors (Lipinski definition) is 4. The van der Waals surface area contributed by atoms with Gasteiger partial charge in [-0.15, -0.1) is 0 Å². The summed E-state index contributed by atoms with van der Waals surface area (Å²) in [6.45, 7) is 3.65. The summed E-state index contributed by atoms with van der Waals surface area (Å²) < 4.78 is 13.3. The van der Waals surface area contributed by atoms with Crippen molar-refractivity contribution < 1.29 is 14.3 Å². The van der Waals surface area contributed by atoms with Crippen LogP contribution in [-0.2, 0) is 17.8 Å². The van der Waals surface area contributed by atoms with Gasteiger partial charge in [-0.05, 0) is 37.1 Å². The number of aryl methyl sites for hydroxylation is 1. The lowest BCUT2D eigenvalue weighted by Gasteiger charge is -2.11. The molecule has 148 valence electrons. The Bertz CT molecular complexity index is 920. The van der Waals surface area contributed by atoms with Crippen molar-refractivity contribution >= 4 is 16.9 Å². The van der Waals surface area contributed by atoms with Crippen LogP contribution in [0.4, 0.5) is 0 Å². The number of rotatable bonds is 10. The van der Waals surface area contributed by atoms with Crippen LogP contribution in [-0.4, -0.2) is 35.7 Å². The number of ether oxygens (including phenoxy) is 2. The summed E-state index contributed by atoms with van der Waals surface area (Å²) in [6, 6.07) is 15.8. The van der Waals surface area contributed by atoms with Crippen molar-refractivity contribution in [1.29, 1.82) is 0 Å². The summed E-state index contributed by atoms with van der Waals surface area (Å²) in [4.78, 5) is 15.9. The van der Waals surface area contributed by atoms with Crippen LogP contribution in [0.5, 0.6) is 11.5 Å². The topological polar surface area (TPSA) is 65.4 Å². The lowest BCUT2D eigenvalue weighted by Crippen LogP contribution is -2.23. The summed E-state index contributed by atoms with van der Waals surface area (Å²) in [7, 11) is 1.65. The molecule has 3 rings (SSSR count). The van der Waals surface area contributed by atoms with E-state index in [4.69, 9.17) is 14.5 Å². The second kappa shape index (κ2) is 9.78. The van der Waals surface area contributed by atoms with E-state index in [1.807, 2.05) is 42.5 Å². The molecule has 1 N–H and O–H groups in total. The molecule has 0 atom stereocenters. The van der Waals surface area contributed by atoms with Crippen LogP contribution in [0.1, 0.15) is 25.6 Å². The van der Waals surface area contributed by atoms with Gasteiger partial charge in [-0.2, -0.15) is 0 Å². The van der Waals surface area contributed by atoms with Crippen LogP contribution in [0.2, 0.25) is 0 Å². The van der Waals surface area contributed by atoms with E-state index >= 15 is 0 Å². The quantitative estimate of drug-likeness (QED) is 0.545. The van der Waals surface area contributed by atoms with Gasteiger partial charge in [0.2, 0.25) is 5.91 Å². The van der Waals surface area contributed by atoms with Gasteiger partial charge in [0, 0.05) is 32.5 Å². The van der Waals surface area contributed by atoms with Crippen LogP contribution < -0.4 is 14.8 Å². The Kier molecular flexibility index (Phi) is 6.89. The van der Waals surface area contributed by atoms with E-state index in [-0.39, 0.29) is 5.91 Å². The molecule has 0 aliphatic rings. The van der Waals surface area contributed by atoms with Gasteiger partial charge in [-0.3, -0.25) is 4.79 Å². The highest BCUT2D eigenvalue weighted by molar-refractivity contribution is 5.76. The van der Waals surface area contributed by atoms with E-state index in [1.54, 1.807) is 7.11 Å². The third-order valence-corrected chi connectivity index (χ3v) is 4.54. The molecule has 6 heteroatoms. The van der Waals surface area contributed by atoms with E-state index < -0.39 is 0 Å². The Morgan fingerprint density at radius 3 is 2.75 bits per heavy atom. The molecule has 2 aromatic carbocycles. The Hall–Kier alpha value is -3.02. The van der Waals surface area contributed by atoms with E-state index in [2.05, 4.69) is 16.0 Å². The summed E-state index contributed by atoms with van der Waals surface area (Å²) >= 11 is 0.